The molecule has 1 atom stereocenters. The van der Waals surface area contributed by atoms with E-state index in [9.17, 15) is 9.90 Å². The van der Waals surface area contributed by atoms with Crippen molar-refractivity contribution >= 4 is 27.8 Å². The summed E-state index contributed by atoms with van der Waals surface area (Å²) in [4.78, 5) is 14.0. The van der Waals surface area contributed by atoms with E-state index in [1.165, 1.54) is 18.3 Å². The van der Waals surface area contributed by atoms with E-state index in [0.717, 1.165) is 18.0 Å². The second kappa shape index (κ2) is 3.75. The zero-order valence-corrected chi connectivity index (χ0v) is 10.3. The van der Waals surface area contributed by atoms with Crippen LogP contribution in [0.2, 0.25) is 0 Å². The number of nitrogens with two attached hydrogens (primary N) is 1. The minimum absolute atomic E-state index is 0.000271. The smallest absolute Gasteiger partial charge is 0.171 e. The van der Waals surface area contributed by atoms with Crippen LogP contribution >= 0.6 is 11.3 Å². The molecule has 2 heterocycles. The number of carbonyl (C=O) groups excluding carboxylic acids is 1. The number of hydrogen-bond donors (Lipinski definition) is 2. The summed E-state index contributed by atoms with van der Waals surface area (Å²) in [7, 11) is 0. The number of nitrogen functional groups attached to an aromatic ring is 1. The molecule has 0 bridgehead atoms. The maximum Gasteiger partial charge on any atom is 0.171 e. The van der Waals surface area contributed by atoms with Gasteiger partial charge in [0.15, 0.2) is 5.78 Å². The second-order valence-electron chi connectivity index (χ2n) is 4.59. The maximum absolute atomic E-state index is 11.3. The monoisotopic (exact) mass is 240 g/mol. The molecule has 1 fully saturated rings. The summed E-state index contributed by atoms with van der Waals surface area (Å²) in [6, 6.07) is 1.82. The highest BCUT2D eigenvalue weighted by Crippen LogP contribution is 2.36. The van der Waals surface area contributed by atoms with Crippen molar-refractivity contribution in [2.75, 3.05) is 23.7 Å². The highest BCUT2D eigenvalue weighted by molar-refractivity contribution is 7.18. The predicted molar refractivity (Wildman–Crippen MR) is 66.2 cm³/mol. The molecule has 88 valence electrons. The highest BCUT2D eigenvalue weighted by atomic mass is 32.1. The molecule has 1 saturated heterocycles. The Balaban J connectivity index is 2.23. The van der Waals surface area contributed by atoms with Crippen molar-refractivity contribution in [2.24, 2.45) is 0 Å². The first-order chi connectivity index (χ1) is 7.39. The van der Waals surface area contributed by atoms with Gasteiger partial charge in [-0.2, -0.15) is 0 Å². The number of anilines is 2. The van der Waals surface area contributed by atoms with Gasteiger partial charge in [-0.25, -0.2) is 0 Å². The zero-order valence-electron chi connectivity index (χ0n) is 9.49. The fourth-order valence-corrected chi connectivity index (χ4v) is 2.96. The van der Waals surface area contributed by atoms with E-state index in [0.29, 0.717) is 17.1 Å². The molecule has 1 aromatic heterocycles. The Hall–Kier alpha value is -1.07. The average molecular weight is 240 g/mol. The summed E-state index contributed by atoms with van der Waals surface area (Å²) in [5, 5.41) is 10.8. The third-order valence-corrected chi connectivity index (χ3v) is 4.14. The summed E-state index contributed by atoms with van der Waals surface area (Å²) in [5.74, 6) is -0.000271. The first kappa shape index (κ1) is 11.4. The van der Waals surface area contributed by atoms with Crippen LogP contribution in [0.4, 0.5) is 10.7 Å². The van der Waals surface area contributed by atoms with Crippen LogP contribution in [0.25, 0.3) is 0 Å². The SMILES string of the molecule is CC(=O)c1sc(N2CCC(C)(O)C2)cc1N. The normalized spacial score (nSPS) is 25.1. The molecule has 1 aliphatic heterocycles. The first-order valence-electron chi connectivity index (χ1n) is 5.27. The fourth-order valence-electron chi connectivity index (χ4n) is 1.96. The molecule has 16 heavy (non-hydrogen) atoms. The van der Waals surface area contributed by atoms with Crippen molar-refractivity contribution in [2.45, 2.75) is 25.9 Å². The lowest BCUT2D eigenvalue weighted by Gasteiger charge is -2.18. The number of thiophene rings is 1. The van der Waals surface area contributed by atoms with Crippen molar-refractivity contribution < 1.29 is 9.90 Å². The lowest BCUT2D eigenvalue weighted by Crippen LogP contribution is -2.29. The molecule has 1 unspecified atom stereocenters. The first-order valence-corrected chi connectivity index (χ1v) is 6.08. The summed E-state index contributed by atoms with van der Waals surface area (Å²) in [6.07, 6.45) is 0.750. The number of hydrogen-bond acceptors (Lipinski definition) is 5. The topological polar surface area (TPSA) is 66.6 Å². The summed E-state index contributed by atoms with van der Waals surface area (Å²) >= 11 is 1.41. The van der Waals surface area contributed by atoms with Gasteiger partial charge in [-0.1, -0.05) is 0 Å². The van der Waals surface area contributed by atoms with Gasteiger partial charge in [-0.3, -0.25) is 4.79 Å². The Bertz CT molecular complexity index is 426. The van der Waals surface area contributed by atoms with E-state index in [-0.39, 0.29) is 5.78 Å². The van der Waals surface area contributed by atoms with Crippen molar-refractivity contribution in [3.05, 3.63) is 10.9 Å². The largest absolute Gasteiger partial charge is 0.397 e. The molecule has 0 amide bonds. The van der Waals surface area contributed by atoms with Gasteiger partial charge in [0.1, 0.15) is 0 Å². The zero-order chi connectivity index (χ0) is 11.9. The number of β-amino-alcohol motifs (C(OH)–C–C–N with tert-alkyl or cyclic N) is 1. The Morgan fingerprint density at radius 3 is 2.81 bits per heavy atom. The van der Waals surface area contributed by atoms with Crippen molar-refractivity contribution in [3.63, 3.8) is 0 Å². The minimum Gasteiger partial charge on any atom is -0.397 e. The standard InChI is InChI=1S/C11H16N2O2S/c1-7(14)10-8(12)5-9(16-10)13-4-3-11(2,15)6-13/h5,15H,3-4,6,12H2,1-2H3. The number of Topliss-reactive ketones (excluding diaryl/α,β-unsaturated/α-hetero) is 1. The lowest BCUT2D eigenvalue weighted by molar-refractivity contribution is 0.0839. The Labute approximate surface area is 98.7 Å². The van der Waals surface area contributed by atoms with Gasteiger partial charge in [0.2, 0.25) is 0 Å². The van der Waals surface area contributed by atoms with Crippen LogP contribution in [0.3, 0.4) is 0 Å². The van der Waals surface area contributed by atoms with Gasteiger partial charge in [0, 0.05) is 20.0 Å². The van der Waals surface area contributed by atoms with Crippen LogP contribution in [0.5, 0.6) is 0 Å². The molecule has 0 radical (unpaired) electrons. The molecule has 4 nitrogen and oxygen atoms in total. The van der Waals surface area contributed by atoms with Crippen molar-refractivity contribution in [1.82, 2.24) is 0 Å². The van der Waals surface area contributed by atoms with Crippen molar-refractivity contribution in [1.29, 1.82) is 0 Å². The van der Waals surface area contributed by atoms with Crippen LogP contribution in [0.1, 0.15) is 29.9 Å². The molecule has 0 saturated carbocycles. The quantitative estimate of drug-likeness (QED) is 0.769. The van der Waals surface area contributed by atoms with Gasteiger partial charge in [-0.05, 0) is 19.4 Å². The third-order valence-electron chi connectivity index (χ3n) is 2.83. The number of rotatable bonds is 2. The van der Waals surface area contributed by atoms with Crippen molar-refractivity contribution in [3.8, 4) is 0 Å². The Morgan fingerprint density at radius 1 is 1.69 bits per heavy atom. The molecular formula is C11H16N2O2S. The third kappa shape index (κ3) is 2.05. The fraction of sp³-hybridized carbons (Fsp3) is 0.545. The number of carbonyl (C=O) groups is 1. The predicted octanol–water partition coefficient (Wildman–Crippen LogP) is 1.49. The minimum atomic E-state index is -0.630. The summed E-state index contributed by atoms with van der Waals surface area (Å²) < 4.78 is 0. The van der Waals surface area contributed by atoms with E-state index in [1.54, 1.807) is 0 Å². The number of aliphatic hydroxyl groups is 1. The van der Waals surface area contributed by atoms with E-state index in [1.807, 2.05) is 13.0 Å². The van der Waals surface area contributed by atoms with Gasteiger partial charge >= 0.3 is 0 Å². The van der Waals surface area contributed by atoms with Crippen LogP contribution < -0.4 is 10.6 Å². The highest BCUT2D eigenvalue weighted by Gasteiger charge is 2.32. The van der Waals surface area contributed by atoms with Crippen LogP contribution in [-0.2, 0) is 0 Å². The van der Waals surface area contributed by atoms with Crippen LogP contribution in [0, 0.1) is 0 Å². The molecule has 1 aliphatic rings. The number of nitrogens with zero attached hydrogens (tertiary/aromatic N) is 1. The van der Waals surface area contributed by atoms with Crippen LogP contribution in [0.15, 0.2) is 6.07 Å². The molecule has 1 aromatic rings. The number of ketones is 1. The van der Waals surface area contributed by atoms with Gasteiger partial charge in [0.05, 0.1) is 21.2 Å². The summed E-state index contributed by atoms with van der Waals surface area (Å²) in [5.41, 5.74) is 5.69. The van der Waals surface area contributed by atoms with E-state index < -0.39 is 5.60 Å². The van der Waals surface area contributed by atoms with Gasteiger partial charge in [0.25, 0.3) is 0 Å². The Morgan fingerprint density at radius 2 is 2.38 bits per heavy atom. The van der Waals surface area contributed by atoms with Crippen LogP contribution in [-0.4, -0.2) is 29.6 Å². The molecule has 0 aliphatic carbocycles. The van der Waals surface area contributed by atoms with Gasteiger partial charge in [-0.15, -0.1) is 11.3 Å². The van der Waals surface area contributed by atoms with E-state index >= 15 is 0 Å². The molecule has 5 heteroatoms. The molecule has 2 rings (SSSR count). The van der Waals surface area contributed by atoms with E-state index in [2.05, 4.69) is 4.90 Å². The Kier molecular flexibility index (Phi) is 2.67. The molecule has 0 spiro atoms. The maximum atomic E-state index is 11.3. The molecular weight excluding hydrogens is 224 g/mol. The molecule has 0 aromatic carbocycles. The second-order valence-corrected chi connectivity index (χ2v) is 5.62. The molecule has 3 N–H and O–H groups in total. The average Bonchev–Trinajstić information content (AvgIpc) is 2.69. The summed E-state index contributed by atoms with van der Waals surface area (Å²) in [6.45, 7) is 4.76. The van der Waals surface area contributed by atoms with Gasteiger partial charge < -0.3 is 15.7 Å². The van der Waals surface area contributed by atoms with E-state index in [4.69, 9.17) is 5.73 Å². The lowest BCUT2D eigenvalue weighted by atomic mass is 10.1.